The van der Waals surface area contributed by atoms with Crippen molar-refractivity contribution in [3.63, 3.8) is 0 Å². The summed E-state index contributed by atoms with van der Waals surface area (Å²) < 4.78 is 20.7. The third-order valence-corrected chi connectivity index (χ3v) is 6.99. The molecular weight excluding hydrogens is 421 g/mol. The van der Waals surface area contributed by atoms with Gasteiger partial charge in [0, 0.05) is 18.7 Å². The Morgan fingerprint density at radius 2 is 2.23 bits per heavy atom. The molecule has 1 aliphatic heterocycles. The maximum Gasteiger partial charge on any atom is 0.292 e. The van der Waals surface area contributed by atoms with E-state index in [2.05, 4.69) is 19.9 Å². The summed E-state index contributed by atoms with van der Waals surface area (Å²) in [5.41, 5.74) is 1.27. The van der Waals surface area contributed by atoms with Crippen LogP contribution in [0, 0.1) is 12.7 Å². The van der Waals surface area contributed by atoms with Crippen LogP contribution in [0.2, 0.25) is 0 Å². The molecule has 0 saturated heterocycles. The van der Waals surface area contributed by atoms with Gasteiger partial charge in [0.25, 0.3) is 5.91 Å². The average Bonchev–Trinajstić information content (AvgIpc) is 3.16. The summed E-state index contributed by atoms with van der Waals surface area (Å²) >= 11 is 1.34. The van der Waals surface area contributed by atoms with Gasteiger partial charge in [-0.3, -0.25) is 4.79 Å². The molecule has 0 radical (unpaired) electrons. The first-order chi connectivity index (χ1) is 14.9. The first kappa shape index (κ1) is 18.6. The fourth-order valence-electron chi connectivity index (χ4n) is 4.05. The summed E-state index contributed by atoms with van der Waals surface area (Å²) in [4.78, 5) is 31.6. The summed E-state index contributed by atoms with van der Waals surface area (Å²) in [6.07, 6.45) is 3.34. The maximum absolute atomic E-state index is 14.3. The van der Waals surface area contributed by atoms with E-state index in [9.17, 15) is 14.3 Å². The van der Waals surface area contributed by atoms with Gasteiger partial charge in [-0.15, -0.1) is 11.3 Å². The molecule has 3 aromatic heterocycles. The van der Waals surface area contributed by atoms with Crippen LogP contribution < -0.4 is 0 Å². The number of aryl methyl sites for hydroxylation is 1. The Kier molecular flexibility index (Phi) is 3.87. The molecule has 4 heterocycles. The Morgan fingerprint density at radius 3 is 3.00 bits per heavy atom. The molecule has 1 fully saturated rings. The number of amides is 1. The molecule has 2 N–H and O–H groups in total. The van der Waals surface area contributed by atoms with E-state index in [0.717, 1.165) is 5.69 Å². The van der Waals surface area contributed by atoms with Crippen LogP contribution in [0.25, 0.3) is 10.2 Å². The fraction of sp³-hybridized carbons (Fsp3) is 0.333. The van der Waals surface area contributed by atoms with Crippen LogP contribution in [0.1, 0.15) is 57.4 Å². The Labute approximate surface area is 179 Å². The molecule has 4 aromatic rings. The Balaban J connectivity index is 1.45. The van der Waals surface area contributed by atoms with Crippen LogP contribution in [0.5, 0.6) is 0 Å². The van der Waals surface area contributed by atoms with Crippen molar-refractivity contribution in [2.24, 2.45) is 0 Å². The van der Waals surface area contributed by atoms with Gasteiger partial charge < -0.3 is 19.4 Å². The smallest absolute Gasteiger partial charge is 0.292 e. The number of nitrogens with one attached hydrogen (secondary N) is 1. The number of halogens is 1. The molecule has 0 spiro atoms. The highest BCUT2D eigenvalue weighted by Gasteiger charge is 2.48. The molecule has 2 aliphatic rings. The number of oxazole rings is 1. The van der Waals surface area contributed by atoms with Crippen molar-refractivity contribution in [1.29, 1.82) is 0 Å². The fourth-order valence-corrected chi connectivity index (χ4v) is 5.15. The molecule has 0 bridgehead atoms. The van der Waals surface area contributed by atoms with Crippen molar-refractivity contribution in [1.82, 2.24) is 24.8 Å². The molecule has 1 aliphatic carbocycles. The van der Waals surface area contributed by atoms with E-state index in [0.29, 0.717) is 46.9 Å². The number of H-pyrrole nitrogens is 1. The highest BCUT2D eigenvalue weighted by molar-refractivity contribution is 7.18. The van der Waals surface area contributed by atoms with Crippen LogP contribution in [0.4, 0.5) is 4.39 Å². The largest absolute Gasteiger partial charge is 0.432 e. The van der Waals surface area contributed by atoms with Gasteiger partial charge in [0.15, 0.2) is 0 Å². The van der Waals surface area contributed by atoms with Crippen molar-refractivity contribution in [3.8, 4) is 0 Å². The minimum Gasteiger partial charge on any atom is -0.432 e. The predicted octanol–water partition coefficient (Wildman–Crippen LogP) is 3.22. The normalized spacial score (nSPS) is 19.6. The first-order valence-corrected chi connectivity index (χ1v) is 10.8. The van der Waals surface area contributed by atoms with Crippen LogP contribution in [0.15, 0.2) is 28.9 Å². The number of benzene rings is 1. The standard InChI is InChI=1S/C21H18FN5O3S/c1-10-17(30-20(25-10)21(29)6-7-21)19(28)27-8-5-12-15(24-9-23-12)16(27)18-26-14-11(22)3-2-4-13(14)31-18/h2-4,9,16,29H,5-8H2,1H3,(H,23,24)/t16-/m0/s1. The van der Waals surface area contributed by atoms with Gasteiger partial charge in [0.2, 0.25) is 11.7 Å². The van der Waals surface area contributed by atoms with Crippen molar-refractivity contribution in [2.75, 3.05) is 6.54 Å². The van der Waals surface area contributed by atoms with Gasteiger partial charge >= 0.3 is 0 Å². The van der Waals surface area contributed by atoms with Crippen molar-refractivity contribution in [3.05, 3.63) is 64.1 Å². The number of para-hydroxylation sites is 1. The van der Waals surface area contributed by atoms with Crippen LogP contribution in [-0.4, -0.2) is 42.4 Å². The zero-order valence-electron chi connectivity index (χ0n) is 16.6. The van der Waals surface area contributed by atoms with Crippen LogP contribution >= 0.6 is 11.3 Å². The zero-order chi connectivity index (χ0) is 21.3. The third-order valence-electron chi connectivity index (χ3n) is 5.92. The van der Waals surface area contributed by atoms with E-state index in [1.165, 1.54) is 17.4 Å². The first-order valence-electron chi connectivity index (χ1n) is 10.0. The van der Waals surface area contributed by atoms with E-state index in [4.69, 9.17) is 4.42 Å². The van der Waals surface area contributed by atoms with Crippen molar-refractivity contribution in [2.45, 2.75) is 37.8 Å². The Morgan fingerprint density at radius 1 is 1.39 bits per heavy atom. The summed E-state index contributed by atoms with van der Waals surface area (Å²) in [5, 5.41) is 10.9. The minimum atomic E-state index is -1.06. The number of fused-ring (bicyclic) bond motifs is 2. The van der Waals surface area contributed by atoms with E-state index in [1.54, 1.807) is 24.2 Å². The molecule has 31 heavy (non-hydrogen) atoms. The molecule has 1 saturated carbocycles. The zero-order valence-corrected chi connectivity index (χ0v) is 17.4. The highest BCUT2D eigenvalue weighted by atomic mass is 32.1. The Bertz CT molecular complexity index is 1340. The van der Waals surface area contributed by atoms with Crippen molar-refractivity contribution >= 4 is 27.5 Å². The molecule has 1 amide bonds. The number of carbonyl (C=O) groups excluding carboxylic acids is 1. The molecule has 1 aromatic carbocycles. The van der Waals surface area contributed by atoms with Gasteiger partial charge in [0.1, 0.15) is 28.0 Å². The number of thiazole rings is 1. The van der Waals surface area contributed by atoms with E-state index >= 15 is 0 Å². The maximum atomic E-state index is 14.3. The van der Waals surface area contributed by atoms with E-state index in [1.807, 2.05) is 6.07 Å². The SMILES string of the molecule is Cc1nc(C2(O)CC2)oc1C(=O)N1CCc2[nH]cnc2[C@H]1c1nc2c(F)cccc2s1. The second-order valence-electron chi connectivity index (χ2n) is 8.02. The lowest BCUT2D eigenvalue weighted by molar-refractivity contribution is 0.0639. The van der Waals surface area contributed by atoms with Gasteiger partial charge in [0.05, 0.1) is 22.4 Å². The summed E-state index contributed by atoms with van der Waals surface area (Å²) in [6.45, 7) is 2.11. The van der Waals surface area contributed by atoms with E-state index < -0.39 is 17.5 Å². The van der Waals surface area contributed by atoms with Gasteiger partial charge in [-0.05, 0) is 31.9 Å². The molecule has 10 heteroatoms. The lowest BCUT2D eigenvalue weighted by atomic mass is 10.0. The second kappa shape index (κ2) is 6.44. The van der Waals surface area contributed by atoms with Gasteiger partial charge in [-0.1, -0.05) is 6.07 Å². The lowest BCUT2D eigenvalue weighted by Crippen LogP contribution is -2.40. The number of aromatic nitrogens is 4. The van der Waals surface area contributed by atoms with Crippen LogP contribution in [-0.2, 0) is 12.0 Å². The van der Waals surface area contributed by atoms with Crippen LogP contribution in [0.3, 0.4) is 0 Å². The number of carbonyl (C=O) groups is 1. The minimum absolute atomic E-state index is 0.103. The van der Waals surface area contributed by atoms with Crippen molar-refractivity contribution < 1.29 is 18.7 Å². The lowest BCUT2D eigenvalue weighted by Gasteiger charge is -2.33. The van der Waals surface area contributed by atoms with E-state index in [-0.39, 0.29) is 23.1 Å². The highest BCUT2D eigenvalue weighted by Crippen LogP contribution is 2.45. The summed E-state index contributed by atoms with van der Waals surface area (Å²) in [6, 6.07) is 4.25. The number of hydrogen-bond donors (Lipinski definition) is 2. The Hall–Kier alpha value is -3.11. The third kappa shape index (κ3) is 2.82. The molecule has 1 atom stereocenters. The number of aromatic amines is 1. The molecular formula is C21H18FN5O3S. The number of aliphatic hydroxyl groups is 1. The molecule has 158 valence electrons. The van der Waals surface area contributed by atoms with Gasteiger partial charge in [-0.25, -0.2) is 19.3 Å². The number of imidazole rings is 1. The second-order valence-corrected chi connectivity index (χ2v) is 9.08. The number of nitrogens with zero attached hydrogens (tertiary/aromatic N) is 4. The monoisotopic (exact) mass is 439 g/mol. The van der Waals surface area contributed by atoms with Gasteiger partial charge in [-0.2, -0.15) is 0 Å². The molecule has 8 nitrogen and oxygen atoms in total. The number of rotatable bonds is 3. The topological polar surface area (TPSA) is 108 Å². The molecule has 6 rings (SSSR count). The molecule has 0 unspecified atom stereocenters. The quantitative estimate of drug-likeness (QED) is 0.507. The number of hydrogen-bond acceptors (Lipinski definition) is 7. The average molecular weight is 439 g/mol. The summed E-state index contributed by atoms with van der Waals surface area (Å²) in [7, 11) is 0. The summed E-state index contributed by atoms with van der Waals surface area (Å²) in [5.74, 6) is -0.459. The predicted molar refractivity (Wildman–Crippen MR) is 109 cm³/mol.